The van der Waals surface area contributed by atoms with Crippen molar-refractivity contribution < 1.29 is 21.6 Å². The van der Waals surface area contributed by atoms with Crippen LogP contribution in [0, 0.1) is 0 Å². The van der Waals surface area contributed by atoms with Gasteiger partial charge in [-0.1, -0.05) is 11.6 Å². The van der Waals surface area contributed by atoms with Crippen molar-refractivity contribution in [2.45, 2.75) is 36.8 Å². The largest absolute Gasteiger partial charge is 0.417 e. The monoisotopic (exact) mass is 444 g/mol. The van der Waals surface area contributed by atoms with Gasteiger partial charge >= 0.3 is 6.18 Å². The Morgan fingerprint density at radius 3 is 2.07 bits per heavy atom. The zero-order valence-electron chi connectivity index (χ0n) is 15.6. The topological polar surface area (TPSA) is 96.2 Å². The molecule has 0 heterocycles. The van der Waals surface area contributed by atoms with Gasteiger partial charge in [0.15, 0.2) is 0 Å². The van der Waals surface area contributed by atoms with Crippen LogP contribution < -0.4 is 21.1 Å². The molecular formula is C17H28ClF3N4O2S. The van der Waals surface area contributed by atoms with E-state index in [4.69, 9.17) is 17.3 Å². The van der Waals surface area contributed by atoms with Crippen molar-refractivity contribution in [1.29, 1.82) is 0 Å². The van der Waals surface area contributed by atoms with E-state index < -0.39 is 31.7 Å². The molecule has 11 heteroatoms. The number of nitrogens with one attached hydrogen (secondary N) is 3. The molecule has 162 valence electrons. The van der Waals surface area contributed by atoms with Crippen LogP contribution in [0.1, 0.15) is 31.2 Å². The highest BCUT2D eigenvalue weighted by Crippen LogP contribution is 2.35. The summed E-state index contributed by atoms with van der Waals surface area (Å²) in [4.78, 5) is -0.459. The van der Waals surface area contributed by atoms with Crippen LogP contribution >= 0.6 is 11.6 Å². The summed E-state index contributed by atoms with van der Waals surface area (Å²) in [6, 6.07) is 2.54. The van der Waals surface area contributed by atoms with E-state index in [0.717, 1.165) is 51.0 Å². The minimum atomic E-state index is -4.72. The first-order valence-corrected chi connectivity index (χ1v) is 11.0. The molecule has 28 heavy (non-hydrogen) atoms. The first kappa shape index (κ1) is 25.1. The van der Waals surface area contributed by atoms with E-state index in [-0.39, 0.29) is 6.54 Å². The number of alkyl halides is 3. The molecule has 0 fully saturated rings. The summed E-state index contributed by atoms with van der Waals surface area (Å²) >= 11 is 5.51. The van der Waals surface area contributed by atoms with E-state index in [1.54, 1.807) is 0 Å². The van der Waals surface area contributed by atoms with Crippen molar-refractivity contribution in [3.05, 3.63) is 28.8 Å². The third kappa shape index (κ3) is 9.53. The number of halogens is 4. The first-order valence-electron chi connectivity index (χ1n) is 9.16. The molecule has 0 unspecified atom stereocenters. The molecule has 0 aromatic heterocycles. The SMILES string of the molecule is NCCCNCCCCNCCCNS(=O)(=O)c1ccc(Cl)c(C(F)(F)F)c1. The van der Waals surface area contributed by atoms with Gasteiger partial charge in [-0.25, -0.2) is 13.1 Å². The quantitative estimate of drug-likeness (QED) is 0.330. The summed E-state index contributed by atoms with van der Waals surface area (Å²) in [6.07, 6.45) is -1.21. The zero-order valence-corrected chi connectivity index (χ0v) is 17.2. The van der Waals surface area contributed by atoms with Gasteiger partial charge in [0, 0.05) is 6.54 Å². The van der Waals surface area contributed by atoms with Gasteiger partial charge < -0.3 is 16.4 Å². The molecule has 1 aromatic carbocycles. The molecule has 0 aliphatic carbocycles. The minimum absolute atomic E-state index is 0.125. The number of hydrogen-bond acceptors (Lipinski definition) is 5. The van der Waals surface area contributed by atoms with Gasteiger partial charge in [-0.15, -0.1) is 0 Å². The van der Waals surface area contributed by atoms with Crippen molar-refractivity contribution in [1.82, 2.24) is 15.4 Å². The standard InChI is InChI=1S/C17H28ClF3N4O2S/c18-16-6-5-14(13-15(16)17(19,20)21)28(26,27)25-12-4-11-24-9-2-1-8-23-10-3-7-22/h5-6,13,23-25H,1-4,7-12,22H2. The second kappa shape index (κ2) is 12.6. The fourth-order valence-corrected chi connectivity index (χ4v) is 3.69. The van der Waals surface area contributed by atoms with Crippen molar-refractivity contribution in [2.75, 3.05) is 39.3 Å². The van der Waals surface area contributed by atoms with Crippen LogP contribution in [-0.4, -0.2) is 47.7 Å². The molecule has 5 N–H and O–H groups in total. The lowest BCUT2D eigenvalue weighted by Crippen LogP contribution is -2.28. The normalized spacial score (nSPS) is 12.5. The van der Waals surface area contributed by atoms with Crippen LogP contribution in [0.5, 0.6) is 0 Å². The second-order valence-corrected chi connectivity index (χ2v) is 8.41. The van der Waals surface area contributed by atoms with E-state index in [0.29, 0.717) is 25.6 Å². The maximum atomic E-state index is 12.9. The number of rotatable bonds is 14. The summed E-state index contributed by atoms with van der Waals surface area (Å²) in [6.45, 7) is 4.08. The molecule has 0 spiro atoms. The lowest BCUT2D eigenvalue weighted by atomic mass is 10.2. The molecule has 0 radical (unpaired) electrons. The van der Waals surface area contributed by atoms with E-state index in [1.807, 2.05) is 0 Å². The number of hydrogen-bond donors (Lipinski definition) is 4. The van der Waals surface area contributed by atoms with Crippen LogP contribution in [0.4, 0.5) is 13.2 Å². The Labute approximate surface area is 169 Å². The maximum Gasteiger partial charge on any atom is 0.417 e. The van der Waals surface area contributed by atoms with E-state index in [9.17, 15) is 21.6 Å². The lowest BCUT2D eigenvalue weighted by Gasteiger charge is -2.12. The van der Waals surface area contributed by atoms with Crippen LogP contribution in [0.3, 0.4) is 0 Å². The Kier molecular flexibility index (Phi) is 11.3. The zero-order chi connectivity index (χ0) is 21.0. The van der Waals surface area contributed by atoms with Crippen molar-refractivity contribution in [3.63, 3.8) is 0 Å². The Morgan fingerprint density at radius 2 is 1.50 bits per heavy atom. The van der Waals surface area contributed by atoms with Crippen molar-refractivity contribution in [3.8, 4) is 0 Å². The van der Waals surface area contributed by atoms with Crippen molar-refractivity contribution in [2.24, 2.45) is 5.73 Å². The Bertz CT molecular complexity index is 687. The molecule has 0 aliphatic rings. The fraction of sp³-hybridized carbons (Fsp3) is 0.647. The van der Waals surface area contributed by atoms with Crippen molar-refractivity contribution >= 4 is 21.6 Å². The average Bonchev–Trinajstić information content (AvgIpc) is 2.61. The fourth-order valence-electron chi connectivity index (χ4n) is 2.37. The molecule has 0 atom stereocenters. The van der Waals surface area contributed by atoms with Crippen LogP contribution in [-0.2, 0) is 16.2 Å². The van der Waals surface area contributed by atoms with E-state index >= 15 is 0 Å². The van der Waals surface area contributed by atoms with E-state index in [2.05, 4.69) is 15.4 Å². The molecule has 1 rings (SSSR count). The molecule has 0 bridgehead atoms. The highest BCUT2D eigenvalue weighted by atomic mass is 35.5. The van der Waals surface area contributed by atoms with E-state index in [1.165, 1.54) is 0 Å². The number of unbranched alkanes of at least 4 members (excludes halogenated alkanes) is 1. The summed E-state index contributed by atoms with van der Waals surface area (Å²) < 4.78 is 65.2. The number of benzene rings is 1. The molecular weight excluding hydrogens is 417 g/mol. The second-order valence-electron chi connectivity index (χ2n) is 6.24. The van der Waals surface area contributed by atoms with Gasteiger partial charge in [-0.05, 0) is 76.6 Å². The maximum absolute atomic E-state index is 12.9. The van der Waals surface area contributed by atoms with Gasteiger partial charge in [0.1, 0.15) is 0 Å². The van der Waals surface area contributed by atoms with Crippen LogP contribution in [0.15, 0.2) is 23.1 Å². The van der Waals surface area contributed by atoms with Gasteiger partial charge in [-0.2, -0.15) is 13.2 Å². The first-order chi connectivity index (χ1) is 13.2. The van der Waals surface area contributed by atoms with Crippen LogP contribution in [0.2, 0.25) is 5.02 Å². The number of sulfonamides is 1. The molecule has 0 amide bonds. The Balaban J connectivity index is 2.27. The third-order valence-electron chi connectivity index (χ3n) is 3.89. The molecule has 0 aliphatic heterocycles. The molecule has 6 nitrogen and oxygen atoms in total. The number of nitrogens with two attached hydrogens (primary N) is 1. The molecule has 0 saturated heterocycles. The van der Waals surface area contributed by atoms with Gasteiger partial charge in [0.05, 0.1) is 15.5 Å². The Hall–Kier alpha value is -0.910. The average molecular weight is 445 g/mol. The minimum Gasteiger partial charge on any atom is -0.330 e. The predicted molar refractivity (Wildman–Crippen MR) is 105 cm³/mol. The summed E-state index contributed by atoms with van der Waals surface area (Å²) in [5, 5.41) is 5.95. The molecule has 1 aromatic rings. The van der Waals surface area contributed by atoms with Gasteiger partial charge in [-0.3, -0.25) is 0 Å². The van der Waals surface area contributed by atoms with Gasteiger partial charge in [0.2, 0.25) is 10.0 Å². The highest BCUT2D eigenvalue weighted by Gasteiger charge is 2.34. The lowest BCUT2D eigenvalue weighted by molar-refractivity contribution is -0.137. The molecule has 0 saturated carbocycles. The third-order valence-corrected chi connectivity index (χ3v) is 5.68. The van der Waals surface area contributed by atoms with Gasteiger partial charge in [0.25, 0.3) is 0 Å². The summed E-state index contributed by atoms with van der Waals surface area (Å²) in [5.41, 5.74) is 4.23. The summed E-state index contributed by atoms with van der Waals surface area (Å²) in [5.74, 6) is 0. The Morgan fingerprint density at radius 1 is 0.929 bits per heavy atom. The smallest absolute Gasteiger partial charge is 0.330 e. The highest BCUT2D eigenvalue weighted by molar-refractivity contribution is 7.89. The van der Waals surface area contributed by atoms with Crippen LogP contribution in [0.25, 0.3) is 0 Å². The predicted octanol–water partition coefficient (Wildman–Crippen LogP) is 2.34. The summed E-state index contributed by atoms with van der Waals surface area (Å²) in [7, 11) is -4.03.